The van der Waals surface area contributed by atoms with E-state index < -0.39 is 0 Å². The van der Waals surface area contributed by atoms with Crippen LogP contribution in [0.15, 0.2) is 22.7 Å². The number of aromatic nitrogens is 2. The molecule has 2 rings (SSSR count). The van der Waals surface area contributed by atoms with Crippen LogP contribution in [-0.4, -0.2) is 16.2 Å². The lowest BCUT2D eigenvalue weighted by Gasteiger charge is -2.12. The topological polar surface area (TPSA) is 48.2 Å². The van der Waals surface area contributed by atoms with Crippen LogP contribution in [-0.2, 0) is 5.41 Å². The molecule has 0 atom stereocenters. The smallest absolute Gasteiger partial charge is 0.258 e. The van der Waals surface area contributed by atoms with E-state index in [0.717, 1.165) is 5.56 Å². The van der Waals surface area contributed by atoms with Gasteiger partial charge in [0.2, 0.25) is 0 Å². The molecule has 0 aliphatic rings. The summed E-state index contributed by atoms with van der Waals surface area (Å²) in [6.07, 6.45) is 0.0515. The van der Waals surface area contributed by atoms with Crippen molar-refractivity contribution in [3.63, 3.8) is 0 Å². The highest BCUT2D eigenvalue weighted by Gasteiger charge is 2.21. The van der Waals surface area contributed by atoms with Gasteiger partial charge in [0.05, 0.1) is 11.1 Å². The highest BCUT2D eigenvalue weighted by molar-refractivity contribution is 6.32. The van der Waals surface area contributed by atoms with Crippen LogP contribution in [0, 0.1) is 0 Å². The number of benzene rings is 1. The van der Waals surface area contributed by atoms with Gasteiger partial charge in [0.1, 0.15) is 5.75 Å². The Labute approximate surface area is 124 Å². The van der Waals surface area contributed by atoms with E-state index in [2.05, 4.69) is 10.1 Å². The van der Waals surface area contributed by atoms with Crippen molar-refractivity contribution in [2.24, 2.45) is 0 Å². The van der Waals surface area contributed by atoms with E-state index in [1.807, 2.05) is 46.8 Å². The minimum atomic E-state index is -0.147. The molecule has 108 valence electrons. The zero-order chi connectivity index (χ0) is 14.9. The predicted octanol–water partition coefficient (Wildman–Crippen LogP) is 4.47. The standard InChI is InChI=1S/C15H19ClN2O2/c1-9(2)19-12-8-10(6-7-11(12)16)13-17-14(18-20-13)15(3,4)5/h6-9H,1-5H3. The van der Waals surface area contributed by atoms with Gasteiger partial charge < -0.3 is 9.26 Å². The van der Waals surface area contributed by atoms with E-state index >= 15 is 0 Å². The fourth-order valence-electron chi connectivity index (χ4n) is 1.63. The molecule has 20 heavy (non-hydrogen) atoms. The summed E-state index contributed by atoms with van der Waals surface area (Å²) in [5.74, 6) is 1.77. The zero-order valence-corrected chi connectivity index (χ0v) is 13.2. The summed E-state index contributed by atoms with van der Waals surface area (Å²) in [7, 11) is 0. The summed E-state index contributed by atoms with van der Waals surface area (Å²) in [5.41, 5.74) is 0.652. The Morgan fingerprint density at radius 2 is 1.95 bits per heavy atom. The van der Waals surface area contributed by atoms with E-state index in [9.17, 15) is 0 Å². The number of ether oxygens (including phenoxy) is 1. The summed E-state index contributed by atoms with van der Waals surface area (Å²) < 4.78 is 11.0. The van der Waals surface area contributed by atoms with Gasteiger partial charge in [-0.05, 0) is 32.0 Å². The SMILES string of the molecule is CC(C)Oc1cc(-c2nc(C(C)(C)C)no2)ccc1Cl. The minimum absolute atomic E-state index is 0.0515. The predicted molar refractivity (Wildman–Crippen MR) is 79.2 cm³/mol. The van der Waals surface area contributed by atoms with Gasteiger partial charge in [0.15, 0.2) is 5.82 Å². The summed E-state index contributed by atoms with van der Waals surface area (Å²) in [6, 6.07) is 5.44. The van der Waals surface area contributed by atoms with Crippen LogP contribution in [0.25, 0.3) is 11.5 Å². The number of hydrogen-bond donors (Lipinski definition) is 0. The number of rotatable bonds is 3. The first-order valence-electron chi connectivity index (χ1n) is 6.58. The highest BCUT2D eigenvalue weighted by atomic mass is 35.5. The van der Waals surface area contributed by atoms with Gasteiger partial charge >= 0.3 is 0 Å². The summed E-state index contributed by atoms with van der Waals surface area (Å²) in [5, 5.41) is 4.58. The Balaban J connectivity index is 2.36. The second-order valence-corrected chi connectivity index (χ2v) is 6.39. The van der Waals surface area contributed by atoms with Crippen LogP contribution in [0.2, 0.25) is 5.02 Å². The van der Waals surface area contributed by atoms with Crippen LogP contribution >= 0.6 is 11.6 Å². The normalized spacial score (nSPS) is 11.9. The van der Waals surface area contributed by atoms with Gasteiger partial charge in [-0.25, -0.2) is 0 Å². The van der Waals surface area contributed by atoms with Crippen molar-refractivity contribution in [3.8, 4) is 17.2 Å². The van der Waals surface area contributed by atoms with Gasteiger partial charge in [0, 0.05) is 11.0 Å². The van der Waals surface area contributed by atoms with E-state index in [4.69, 9.17) is 20.9 Å². The molecule has 1 heterocycles. The fourth-order valence-corrected chi connectivity index (χ4v) is 1.79. The van der Waals surface area contributed by atoms with Crippen LogP contribution < -0.4 is 4.74 Å². The second-order valence-electron chi connectivity index (χ2n) is 5.98. The van der Waals surface area contributed by atoms with Crippen LogP contribution in [0.5, 0.6) is 5.75 Å². The lowest BCUT2D eigenvalue weighted by Crippen LogP contribution is -2.13. The molecular formula is C15H19ClN2O2. The molecule has 5 heteroatoms. The Bertz CT molecular complexity index is 600. The molecule has 1 aromatic heterocycles. The van der Waals surface area contributed by atoms with Crippen molar-refractivity contribution in [1.82, 2.24) is 10.1 Å². The molecular weight excluding hydrogens is 276 g/mol. The third kappa shape index (κ3) is 3.31. The van der Waals surface area contributed by atoms with Gasteiger partial charge in [-0.15, -0.1) is 0 Å². The van der Waals surface area contributed by atoms with Gasteiger partial charge in [-0.1, -0.05) is 37.5 Å². The molecule has 0 N–H and O–H groups in total. The Kier molecular flexibility index (Phi) is 4.04. The molecule has 2 aromatic rings. The zero-order valence-electron chi connectivity index (χ0n) is 12.4. The van der Waals surface area contributed by atoms with Crippen LogP contribution in [0.1, 0.15) is 40.4 Å². The monoisotopic (exact) mass is 294 g/mol. The number of hydrogen-bond acceptors (Lipinski definition) is 4. The van der Waals surface area contributed by atoms with E-state index in [1.54, 1.807) is 6.07 Å². The minimum Gasteiger partial charge on any atom is -0.489 e. The molecule has 0 saturated carbocycles. The van der Waals surface area contributed by atoms with Crippen molar-refractivity contribution >= 4 is 11.6 Å². The summed E-state index contributed by atoms with van der Waals surface area (Å²) >= 11 is 6.11. The lowest BCUT2D eigenvalue weighted by atomic mass is 9.96. The third-order valence-electron chi connectivity index (χ3n) is 2.64. The molecule has 0 amide bonds. The number of nitrogens with zero attached hydrogens (tertiary/aromatic N) is 2. The average Bonchev–Trinajstić information content (AvgIpc) is 2.80. The quantitative estimate of drug-likeness (QED) is 0.837. The van der Waals surface area contributed by atoms with Crippen molar-refractivity contribution in [1.29, 1.82) is 0 Å². The molecule has 0 radical (unpaired) electrons. The largest absolute Gasteiger partial charge is 0.489 e. The maximum absolute atomic E-state index is 6.11. The first-order valence-corrected chi connectivity index (χ1v) is 6.96. The molecule has 0 spiro atoms. The summed E-state index contributed by atoms with van der Waals surface area (Å²) in [6.45, 7) is 10.0. The van der Waals surface area contributed by atoms with Crippen molar-refractivity contribution in [3.05, 3.63) is 29.0 Å². The first kappa shape index (κ1) is 14.9. The van der Waals surface area contributed by atoms with Crippen molar-refractivity contribution in [2.45, 2.75) is 46.1 Å². The Hall–Kier alpha value is -1.55. The molecule has 1 aromatic carbocycles. The molecule has 4 nitrogen and oxygen atoms in total. The van der Waals surface area contributed by atoms with Crippen molar-refractivity contribution in [2.75, 3.05) is 0 Å². The average molecular weight is 295 g/mol. The van der Waals surface area contributed by atoms with Gasteiger partial charge in [-0.2, -0.15) is 4.98 Å². The van der Waals surface area contributed by atoms with Crippen LogP contribution in [0.4, 0.5) is 0 Å². The molecule has 0 saturated heterocycles. The molecule has 0 bridgehead atoms. The highest BCUT2D eigenvalue weighted by Crippen LogP contribution is 2.31. The Morgan fingerprint density at radius 3 is 2.50 bits per heavy atom. The maximum Gasteiger partial charge on any atom is 0.258 e. The van der Waals surface area contributed by atoms with Gasteiger partial charge in [-0.3, -0.25) is 0 Å². The third-order valence-corrected chi connectivity index (χ3v) is 2.95. The fraction of sp³-hybridized carbons (Fsp3) is 0.467. The maximum atomic E-state index is 6.11. The molecule has 0 fully saturated rings. The lowest BCUT2D eigenvalue weighted by molar-refractivity contribution is 0.242. The second kappa shape index (κ2) is 5.44. The van der Waals surface area contributed by atoms with E-state index in [0.29, 0.717) is 22.5 Å². The first-order chi connectivity index (χ1) is 9.27. The van der Waals surface area contributed by atoms with Gasteiger partial charge in [0.25, 0.3) is 5.89 Å². The van der Waals surface area contributed by atoms with E-state index in [1.165, 1.54) is 0 Å². The molecule has 0 aliphatic heterocycles. The van der Waals surface area contributed by atoms with E-state index in [-0.39, 0.29) is 11.5 Å². The number of halogens is 1. The molecule has 0 unspecified atom stereocenters. The van der Waals surface area contributed by atoms with Crippen LogP contribution in [0.3, 0.4) is 0 Å². The summed E-state index contributed by atoms with van der Waals surface area (Å²) in [4.78, 5) is 4.43. The Morgan fingerprint density at radius 1 is 1.25 bits per heavy atom. The molecule has 0 aliphatic carbocycles. The van der Waals surface area contributed by atoms with Crippen molar-refractivity contribution < 1.29 is 9.26 Å².